The minimum atomic E-state index is 0.0541. The van der Waals surface area contributed by atoms with Crippen molar-refractivity contribution in [3.63, 3.8) is 0 Å². The molecule has 3 rings (SSSR count). The highest BCUT2D eigenvalue weighted by Crippen LogP contribution is 2.30. The van der Waals surface area contributed by atoms with E-state index in [-0.39, 0.29) is 5.56 Å². The van der Waals surface area contributed by atoms with Crippen LogP contribution in [0.5, 0.6) is 0 Å². The number of pyridine rings is 1. The van der Waals surface area contributed by atoms with E-state index in [1.54, 1.807) is 10.6 Å². The summed E-state index contributed by atoms with van der Waals surface area (Å²) >= 11 is 0. The summed E-state index contributed by atoms with van der Waals surface area (Å²) in [6.07, 6.45) is 6.32. The summed E-state index contributed by atoms with van der Waals surface area (Å²) in [5, 5.41) is 4.76. The zero-order valence-electron chi connectivity index (χ0n) is 12.9. The van der Waals surface area contributed by atoms with Gasteiger partial charge < -0.3 is 9.88 Å². The lowest BCUT2D eigenvalue weighted by Gasteiger charge is -2.29. The van der Waals surface area contributed by atoms with Crippen LogP contribution in [0.3, 0.4) is 0 Å². The fraction of sp³-hybridized carbons (Fsp3) is 0.500. The minimum Gasteiger partial charge on any atom is -0.382 e. The molecule has 0 spiro atoms. The Hall–Kier alpha value is -1.77. The van der Waals surface area contributed by atoms with E-state index in [9.17, 15) is 4.79 Å². The van der Waals surface area contributed by atoms with Crippen molar-refractivity contribution < 1.29 is 0 Å². The molecule has 1 heterocycles. The van der Waals surface area contributed by atoms with Crippen LogP contribution >= 0.6 is 0 Å². The first-order valence-corrected chi connectivity index (χ1v) is 8.04. The maximum atomic E-state index is 12.1. The molecule has 1 aliphatic carbocycles. The third-order valence-electron chi connectivity index (χ3n) is 4.94. The number of fused-ring (bicyclic) bond motifs is 1. The Labute approximate surface area is 126 Å². The molecule has 0 saturated heterocycles. The molecular weight excluding hydrogens is 260 g/mol. The van der Waals surface area contributed by atoms with Crippen molar-refractivity contribution in [2.45, 2.75) is 45.1 Å². The third-order valence-corrected chi connectivity index (χ3v) is 4.94. The number of hydrogen-bond acceptors (Lipinski definition) is 2. The lowest BCUT2D eigenvalue weighted by molar-refractivity contribution is 0.330. The molecule has 0 radical (unpaired) electrons. The van der Waals surface area contributed by atoms with E-state index < -0.39 is 0 Å². The van der Waals surface area contributed by atoms with Crippen molar-refractivity contribution in [2.24, 2.45) is 13.0 Å². The molecule has 0 amide bonds. The van der Waals surface area contributed by atoms with Crippen LogP contribution in [0.1, 0.15) is 39.0 Å². The molecule has 1 aromatic carbocycles. The summed E-state index contributed by atoms with van der Waals surface area (Å²) < 4.78 is 1.72. The van der Waals surface area contributed by atoms with E-state index in [2.05, 4.69) is 18.3 Å². The second-order valence-electron chi connectivity index (χ2n) is 6.24. The predicted octanol–water partition coefficient (Wildman–Crippen LogP) is 3.92. The molecule has 0 bridgehead atoms. The number of nitrogens with one attached hydrogen (secondary N) is 1. The van der Waals surface area contributed by atoms with Gasteiger partial charge in [0.2, 0.25) is 0 Å². The summed E-state index contributed by atoms with van der Waals surface area (Å²) in [6, 6.07) is 10.4. The van der Waals surface area contributed by atoms with E-state index in [0.29, 0.717) is 6.04 Å². The Balaban J connectivity index is 1.88. The number of anilines is 1. The second kappa shape index (κ2) is 5.92. The Morgan fingerprint density at radius 2 is 1.90 bits per heavy atom. The van der Waals surface area contributed by atoms with Crippen LogP contribution in [0.15, 0.2) is 35.1 Å². The summed E-state index contributed by atoms with van der Waals surface area (Å²) in [7, 11) is 1.83. The minimum absolute atomic E-state index is 0.0541. The Bertz CT molecular complexity index is 681. The average molecular weight is 284 g/mol. The Kier molecular flexibility index (Phi) is 4.00. The zero-order chi connectivity index (χ0) is 14.8. The summed E-state index contributed by atoms with van der Waals surface area (Å²) in [4.78, 5) is 12.1. The van der Waals surface area contributed by atoms with Gasteiger partial charge in [0.25, 0.3) is 5.56 Å². The van der Waals surface area contributed by atoms with Crippen LogP contribution in [-0.2, 0) is 7.05 Å². The van der Waals surface area contributed by atoms with Crippen molar-refractivity contribution in [1.29, 1.82) is 0 Å². The topological polar surface area (TPSA) is 34.0 Å². The van der Waals surface area contributed by atoms with Crippen molar-refractivity contribution in [3.8, 4) is 0 Å². The number of hydrogen-bond donors (Lipinski definition) is 1. The first-order valence-electron chi connectivity index (χ1n) is 8.04. The van der Waals surface area contributed by atoms with Crippen LogP contribution < -0.4 is 10.9 Å². The molecule has 1 aliphatic rings. The zero-order valence-corrected chi connectivity index (χ0v) is 12.9. The van der Waals surface area contributed by atoms with Crippen molar-refractivity contribution >= 4 is 16.6 Å². The first kappa shape index (κ1) is 14.2. The van der Waals surface area contributed by atoms with Gasteiger partial charge in [-0.25, -0.2) is 0 Å². The third kappa shape index (κ3) is 2.82. The molecule has 3 nitrogen and oxygen atoms in total. The molecule has 1 aromatic heterocycles. The normalized spacial score (nSPS) is 22.4. The summed E-state index contributed by atoms with van der Waals surface area (Å²) in [5.41, 5.74) is 2.04. The number of rotatable bonds is 3. The van der Waals surface area contributed by atoms with Gasteiger partial charge in [0.05, 0.1) is 5.52 Å². The molecule has 0 atom stereocenters. The van der Waals surface area contributed by atoms with Crippen LogP contribution in [0, 0.1) is 5.92 Å². The SMILES string of the molecule is CCC1CCC(Nc2cc(=O)n(C)c3ccccc23)CC1. The van der Waals surface area contributed by atoms with E-state index in [4.69, 9.17) is 0 Å². The fourth-order valence-electron chi connectivity index (χ4n) is 3.47. The lowest BCUT2D eigenvalue weighted by atomic mass is 9.84. The van der Waals surface area contributed by atoms with Gasteiger partial charge in [-0.05, 0) is 37.7 Å². The van der Waals surface area contributed by atoms with Crippen LogP contribution in [0.4, 0.5) is 5.69 Å². The largest absolute Gasteiger partial charge is 0.382 e. The van der Waals surface area contributed by atoms with Crippen LogP contribution in [-0.4, -0.2) is 10.6 Å². The quantitative estimate of drug-likeness (QED) is 0.927. The van der Waals surface area contributed by atoms with Gasteiger partial charge in [0.15, 0.2) is 0 Å². The Morgan fingerprint density at radius 1 is 1.19 bits per heavy atom. The van der Waals surface area contributed by atoms with E-state index in [1.807, 2.05) is 25.2 Å². The second-order valence-corrected chi connectivity index (χ2v) is 6.24. The fourth-order valence-corrected chi connectivity index (χ4v) is 3.47. The van der Waals surface area contributed by atoms with Gasteiger partial charge >= 0.3 is 0 Å². The van der Waals surface area contributed by atoms with Gasteiger partial charge in [0.1, 0.15) is 0 Å². The molecule has 1 fully saturated rings. The molecule has 0 unspecified atom stereocenters. The number of nitrogens with zero attached hydrogens (tertiary/aromatic N) is 1. The van der Waals surface area contributed by atoms with E-state index >= 15 is 0 Å². The molecule has 112 valence electrons. The molecular formula is C18H24N2O. The molecule has 3 heteroatoms. The number of para-hydroxylation sites is 1. The highest BCUT2D eigenvalue weighted by molar-refractivity contribution is 5.91. The maximum Gasteiger partial charge on any atom is 0.252 e. The average Bonchev–Trinajstić information content (AvgIpc) is 2.53. The monoisotopic (exact) mass is 284 g/mol. The smallest absolute Gasteiger partial charge is 0.252 e. The predicted molar refractivity (Wildman–Crippen MR) is 88.8 cm³/mol. The lowest BCUT2D eigenvalue weighted by Crippen LogP contribution is -2.27. The van der Waals surface area contributed by atoms with Gasteiger partial charge in [0, 0.05) is 30.2 Å². The van der Waals surface area contributed by atoms with Crippen molar-refractivity contribution in [3.05, 3.63) is 40.7 Å². The van der Waals surface area contributed by atoms with Crippen molar-refractivity contribution in [1.82, 2.24) is 4.57 Å². The van der Waals surface area contributed by atoms with E-state index in [0.717, 1.165) is 22.5 Å². The standard InChI is InChI=1S/C18H24N2O/c1-3-13-8-10-14(11-9-13)19-16-12-18(21)20(2)17-7-5-4-6-15(16)17/h4-7,12-14,19H,3,8-11H2,1-2H3. The van der Waals surface area contributed by atoms with Gasteiger partial charge in [-0.3, -0.25) is 4.79 Å². The van der Waals surface area contributed by atoms with Crippen LogP contribution in [0.2, 0.25) is 0 Å². The summed E-state index contributed by atoms with van der Waals surface area (Å²) in [6.45, 7) is 2.28. The Morgan fingerprint density at radius 3 is 2.62 bits per heavy atom. The van der Waals surface area contributed by atoms with E-state index in [1.165, 1.54) is 32.1 Å². The molecule has 2 aromatic rings. The number of benzene rings is 1. The van der Waals surface area contributed by atoms with Gasteiger partial charge in [-0.1, -0.05) is 31.5 Å². The van der Waals surface area contributed by atoms with Gasteiger partial charge in [-0.2, -0.15) is 0 Å². The molecule has 21 heavy (non-hydrogen) atoms. The number of aromatic nitrogens is 1. The number of aryl methyl sites for hydroxylation is 1. The highest BCUT2D eigenvalue weighted by atomic mass is 16.1. The maximum absolute atomic E-state index is 12.1. The highest BCUT2D eigenvalue weighted by Gasteiger charge is 2.20. The van der Waals surface area contributed by atoms with Gasteiger partial charge in [-0.15, -0.1) is 0 Å². The molecule has 1 saturated carbocycles. The molecule has 0 aliphatic heterocycles. The van der Waals surface area contributed by atoms with Crippen LogP contribution in [0.25, 0.3) is 10.9 Å². The first-order chi connectivity index (χ1) is 10.2. The van der Waals surface area contributed by atoms with Crippen molar-refractivity contribution in [2.75, 3.05) is 5.32 Å². The summed E-state index contributed by atoms with van der Waals surface area (Å²) in [5.74, 6) is 0.892. The molecule has 1 N–H and O–H groups in total.